The number of fused-ring (bicyclic) bond motifs is 1. The number of aromatic nitrogens is 4. The molecule has 19 heavy (non-hydrogen) atoms. The molecule has 1 aromatic carbocycles. The van der Waals surface area contributed by atoms with Crippen LogP contribution in [0.1, 0.15) is 19.7 Å². The van der Waals surface area contributed by atoms with E-state index in [1.807, 2.05) is 18.2 Å². The summed E-state index contributed by atoms with van der Waals surface area (Å²) in [7, 11) is 0. The molecule has 1 unspecified atom stereocenters. The third-order valence-corrected chi connectivity index (χ3v) is 2.95. The molecule has 0 aliphatic carbocycles. The molecule has 5 nitrogen and oxygen atoms in total. The molecule has 0 saturated carbocycles. The summed E-state index contributed by atoms with van der Waals surface area (Å²) in [4.78, 5) is 16.4. The molecule has 0 radical (unpaired) electrons. The van der Waals surface area contributed by atoms with Gasteiger partial charge in [-0.25, -0.2) is 19.9 Å². The van der Waals surface area contributed by atoms with Crippen LogP contribution in [0.15, 0.2) is 48.9 Å². The zero-order valence-corrected chi connectivity index (χ0v) is 10.3. The Morgan fingerprint density at radius 1 is 1.16 bits per heavy atom. The van der Waals surface area contributed by atoms with Gasteiger partial charge in [-0.15, -0.1) is 0 Å². The normalized spacial score (nSPS) is 14.9. The second-order valence-corrected chi connectivity index (χ2v) is 4.34. The van der Waals surface area contributed by atoms with Crippen LogP contribution in [0.4, 0.5) is 0 Å². The predicted octanol–water partition coefficient (Wildman–Crippen LogP) is 1.68. The zero-order valence-electron chi connectivity index (χ0n) is 11.3. The van der Waals surface area contributed by atoms with Gasteiger partial charge in [-0.2, -0.15) is 0 Å². The second-order valence-electron chi connectivity index (χ2n) is 4.34. The highest BCUT2D eigenvalue weighted by Crippen LogP contribution is 2.26. The zero-order chi connectivity index (χ0) is 14.2. The Kier molecular flexibility index (Phi) is 2.42. The SMILES string of the molecule is [2H]c1cnc2cnc(C(C)(O)c3ccccc3)nc2n1. The average Bonchev–Trinajstić information content (AvgIpc) is 2.47. The Hall–Kier alpha value is -2.40. The first-order valence-electron chi connectivity index (χ1n) is 6.32. The van der Waals surface area contributed by atoms with Crippen LogP contribution in [0.3, 0.4) is 0 Å². The summed E-state index contributed by atoms with van der Waals surface area (Å²) < 4.78 is 7.47. The molecule has 0 aliphatic rings. The minimum Gasteiger partial charge on any atom is -0.377 e. The second kappa shape index (κ2) is 4.37. The fourth-order valence-corrected chi connectivity index (χ4v) is 1.85. The lowest BCUT2D eigenvalue weighted by Crippen LogP contribution is -2.25. The van der Waals surface area contributed by atoms with E-state index in [4.69, 9.17) is 1.37 Å². The van der Waals surface area contributed by atoms with Gasteiger partial charge in [0.1, 0.15) is 11.1 Å². The highest BCUT2D eigenvalue weighted by atomic mass is 16.3. The van der Waals surface area contributed by atoms with Gasteiger partial charge < -0.3 is 5.11 Å². The molecule has 0 aliphatic heterocycles. The lowest BCUT2D eigenvalue weighted by Gasteiger charge is -2.21. The smallest absolute Gasteiger partial charge is 0.181 e. The van der Waals surface area contributed by atoms with Gasteiger partial charge in [-0.3, -0.25) is 0 Å². The highest BCUT2D eigenvalue weighted by Gasteiger charge is 2.29. The first kappa shape index (κ1) is 10.5. The van der Waals surface area contributed by atoms with E-state index in [1.54, 1.807) is 19.1 Å². The van der Waals surface area contributed by atoms with Crippen molar-refractivity contribution >= 4 is 11.2 Å². The molecule has 0 spiro atoms. The summed E-state index contributed by atoms with van der Waals surface area (Å²) in [6.07, 6.45) is 2.86. The predicted molar refractivity (Wildman–Crippen MR) is 70.2 cm³/mol. The Morgan fingerprint density at radius 3 is 2.74 bits per heavy atom. The van der Waals surface area contributed by atoms with Crippen molar-refractivity contribution in [2.45, 2.75) is 12.5 Å². The number of hydrogen-bond donors (Lipinski definition) is 1. The summed E-state index contributed by atoms with van der Waals surface area (Å²) in [6.45, 7) is 1.63. The molecule has 5 heteroatoms. The average molecular weight is 253 g/mol. The van der Waals surface area contributed by atoms with E-state index in [9.17, 15) is 5.11 Å². The fraction of sp³-hybridized carbons (Fsp3) is 0.143. The number of rotatable bonds is 2. The Balaban J connectivity index is 2.14. The van der Waals surface area contributed by atoms with E-state index in [1.165, 1.54) is 12.4 Å². The quantitative estimate of drug-likeness (QED) is 0.752. The van der Waals surface area contributed by atoms with Crippen molar-refractivity contribution in [3.63, 3.8) is 0 Å². The van der Waals surface area contributed by atoms with Crippen molar-refractivity contribution < 1.29 is 6.48 Å². The third-order valence-electron chi connectivity index (χ3n) is 2.95. The van der Waals surface area contributed by atoms with Gasteiger partial charge in [0.2, 0.25) is 0 Å². The monoisotopic (exact) mass is 253 g/mol. The van der Waals surface area contributed by atoms with Crippen LogP contribution in [0.5, 0.6) is 0 Å². The first-order chi connectivity index (χ1) is 9.57. The molecule has 2 aromatic heterocycles. The van der Waals surface area contributed by atoms with Gasteiger partial charge in [-0.1, -0.05) is 30.3 Å². The summed E-state index contributed by atoms with van der Waals surface area (Å²) in [6, 6.07) is 9.16. The molecule has 1 N–H and O–H groups in total. The molecular weight excluding hydrogens is 240 g/mol. The van der Waals surface area contributed by atoms with Crippen LogP contribution in [0.25, 0.3) is 11.2 Å². The number of benzene rings is 1. The minimum absolute atomic E-state index is 0.0292. The van der Waals surface area contributed by atoms with Crippen molar-refractivity contribution in [3.8, 4) is 0 Å². The van der Waals surface area contributed by atoms with E-state index in [0.29, 0.717) is 16.7 Å². The van der Waals surface area contributed by atoms with Crippen molar-refractivity contribution in [1.29, 1.82) is 0 Å². The van der Waals surface area contributed by atoms with Crippen LogP contribution in [0.2, 0.25) is 0 Å². The van der Waals surface area contributed by atoms with Crippen molar-refractivity contribution in [2.24, 2.45) is 0 Å². The maximum atomic E-state index is 10.7. The molecule has 3 rings (SSSR count). The van der Waals surface area contributed by atoms with E-state index in [0.717, 1.165) is 0 Å². The maximum Gasteiger partial charge on any atom is 0.181 e. The van der Waals surface area contributed by atoms with Crippen LogP contribution < -0.4 is 0 Å². The van der Waals surface area contributed by atoms with Gasteiger partial charge in [0.05, 0.1) is 7.57 Å². The Bertz CT molecular complexity index is 761. The van der Waals surface area contributed by atoms with Crippen LogP contribution in [-0.4, -0.2) is 25.0 Å². The molecule has 0 amide bonds. The maximum absolute atomic E-state index is 10.7. The molecule has 0 bridgehead atoms. The summed E-state index contributed by atoms with van der Waals surface area (Å²) in [5.74, 6) is 0.233. The van der Waals surface area contributed by atoms with E-state index in [2.05, 4.69) is 19.9 Å². The number of nitrogens with zero attached hydrogens (tertiary/aromatic N) is 4. The standard InChI is InChI=1S/C14H12N4O/c1-14(19,10-5-3-2-4-6-10)13-17-9-11-12(18-13)16-8-7-15-11/h2-9,19H,1H3/i8D. The van der Waals surface area contributed by atoms with Gasteiger partial charge in [0, 0.05) is 12.4 Å². The minimum atomic E-state index is -1.32. The van der Waals surface area contributed by atoms with E-state index < -0.39 is 5.60 Å². The van der Waals surface area contributed by atoms with Crippen LogP contribution in [0, 0.1) is 0 Å². The van der Waals surface area contributed by atoms with Gasteiger partial charge in [0.15, 0.2) is 11.5 Å². The van der Waals surface area contributed by atoms with Crippen molar-refractivity contribution in [2.75, 3.05) is 0 Å². The first-order valence-corrected chi connectivity index (χ1v) is 5.82. The Morgan fingerprint density at radius 2 is 1.95 bits per heavy atom. The lowest BCUT2D eigenvalue weighted by molar-refractivity contribution is 0.0925. The molecule has 1 atom stereocenters. The Labute approximate surface area is 111 Å². The largest absolute Gasteiger partial charge is 0.377 e. The van der Waals surface area contributed by atoms with Crippen LogP contribution >= 0.6 is 0 Å². The molecule has 2 heterocycles. The molecule has 94 valence electrons. The number of hydrogen-bond acceptors (Lipinski definition) is 5. The van der Waals surface area contributed by atoms with Crippen molar-refractivity contribution in [1.82, 2.24) is 19.9 Å². The molecule has 0 fully saturated rings. The topological polar surface area (TPSA) is 71.8 Å². The summed E-state index contributed by atoms with van der Waals surface area (Å²) in [5, 5.41) is 10.7. The van der Waals surface area contributed by atoms with Crippen molar-refractivity contribution in [3.05, 3.63) is 60.3 Å². The third kappa shape index (κ3) is 2.04. The molecular formula is C14H12N4O. The molecule has 3 aromatic rings. The lowest BCUT2D eigenvalue weighted by atomic mass is 9.95. The van der Waals surface area contributed by atoms with Crippen LogP contribution in [-0.2, 0) is 5.60 Å². The summed E-state index contributed by atoms with van der Waals surface area (Å²) in [5.41, 5.74) is 0.163. The van der Waals surface area contributed by atoms with Gasteiger partial charge in [-0.05, 0) is 12.5 Å². The van der Waals surface area contributed by atoms with Gasteiger partial charge >= 0.3 is 0 Å². The number of aliphatic hydroxyl groups is 1. The fourth-order valence-electron chi connectivity index (χ4n) is 1.85. The summed E-state index contributed by atoms with van der Waals surface area (Å²) >= 11 is 0. The van der Waals surface area contributed by atoms with E-state index >= 15 is 0 Å². The van der Waals surface area contributed by atoms with E-state index in [-0.39, 0.29) is 12.0 Å². The van der Waals surface area contributed by atoms with Gasteiger partial charge in [0.25, 0.3) is 0 Å². The molecule has 0 saturated heterocycles. The highest BCUT2D eigenvalue weighted by molar-refractivity contribution is 5.67.